The van der Waals surface area contributed by atoms with Crippen molar-refractivity contribution >= 4 is 21.6 Å². The van der Waals surface area contributed by atoms with Gasteiger partial charge in [-0.1, -0.05) is 0 Å². The number of hydrogen-bond acceptors (Lipinski definition) is 5. The van der Waals surface area contributed by atoms with Gasteiger partial charge in [-0.2, -0.15) is 0 Å². The first-order valence-electron chi connectivity index (χ1n) is 8.81. The number of benzene rings is 2. The summed E-state index contributed by atoms with van der Waals surface area (Å²) in [7, 11) is -0.218. The first kappa shape index (κ1) is 21.6. The molecule has 8 heteroatoms. The molecule has 2 aromatic rings. The fourth-order valence-corrected chi connectivity index (χ4v) is 3.90. The zero-order valence-electron chi connectivity index (χ0n) is 16.7. The van der Waals surface area contributed by atoms with Crippen LogP contribution >= 0.6 is 0 Å². The van der Waals surface area contributed by atoms with Crippen molar-refractivity contribution in [1.29, 1.82) is 0 Å². The average Bonchev–Trinajstić information content (AvgIpc) is 2.67. The summed E-state index contributed by atoms with van der Waals surface area (Å²) in [5.74, 6) is 1.05. The highest BCUT2D eigenvalue weighted by Gasteiger charge is 2.18. The van der Waals surface area contributed by atoms with Crippen LogP contribution in [0.15, 0.2) is 42.5 Å². The zero-order chi connectivity index (χ0) is 20.9. The Morgan fingerprint density at radius 2 is 1.75 bits per heavy atom. The Morgan fingerprint density at radius 3 is 2.25 bits per heavy atom. The minimum absolute atomic E-state index is 0.272. The molecule has 0 aliphatic carbocycles. The van der Waals surface area contributed by atoms with Crippen molar-refractivity contribution in [2.75, 3.05) is 31.3 Å². The lowest BCUT2D eigenvalue weighted by molar-refractivity contribution is 0.0939. The van der Waals surface area contributed by atoms with E-state index in [1.807, 2.05) is 13.0 Å². The number of carbonyl (C=O) groups is 1. The Labute approximate surface area is 166 Å². The smallest absolute Gasteiger partial charge is 0.251 e. The molecule has 0 aliphatic rings. The number of nitrogens with zero attached hydrogens (tertiary/aromatic N) is 1. The van der Waals surface area contributed by atoms with E-state index < -0.39 is 10.0 Å². The molecule has 28 heavy (non-hydrogen) atoms. The van der Waals surface area contributed by atoms with Crippen LogP contribution in [0.2, 0.25) is 0 Å². The van der Waals surface area contributed by atoms with Gasteiger partial charge in [0.2, 0.25) is 10.0 Å². The first-order valence-corrected chi connectivity index (χ1v) is 10.7. The summed E-state index contributed by atoms with van der Waals surface area (Å²) in [5.41, 5.74) is 1.74. The Kier molecular flexibility index (Phi) is 6.90. The molecular formula is C20H26N2O5S. The monoisotopic (exact) mass is 406 g/mol. The third-order valence-corrected chi connectivity index (χ3v) is 5.63. The fraction of sp³-hybridized carbons (Fsp3) is 0.350. The molecule has 152 valence electrons. The van der Waals surface area contributed by atoms with E-state index >= 15 is 0 Å². The number of sulfonamides is 1. The minimum atomic E-state index is -3.36. The summed E-state index contributed by atoms with van der Waals surface area (Å²) in [6, 6.07) is 11.5. The van der Waals surface area contributed by atoms with Crippen molar-refractivity contribution in [3.63, 3.8) is 0 Å². The molecule has 1 unspecified atom stereocenters. The van der Waals surface area contributed by atoms with Crippen molar-refractivity contribution in [3.8, 4) is 11.5 Å². The lowest BCUT2D eigenvalue weighted by Crippen LogP contribution is -2.30. The van der Waals surface area contributed by atoms with Crippen LogP contribution in [-0.2, 0) is 10.0 Å². The van der Waals surface area contributed by atoms with E-state index in [9.17, 15) is 13.2 Å². The van der Waals surface area contributed by atoms with E-state index in [-0.39, 0.29) is 11.9 Å². The Bertz CT molecular complexity index is 926. The Balaban J connectivity index is 2.19. The lowest BCUT2D eigenvalue weighted by Gasteiger charge is -2.21. The summed E-state index contributed by atoms with van der Waals surface area (Å²) < 4.78 is 35.5. The van der Waals surface area contributed by atoms with Gasteiger partial charge in [0.15, 0.2) is 0 Å². The van der Waals surface area contributed by atoms with Crippen LogP contribution in [0.5, 0.6) is 11.5 Å². The number of rotatable bonds is 8. The van der Waals surface area contributed by atoms with Crippen molar-refractivity contribution in [1.82, 2.24) is 5.32 Å². The molecule has 0 aromatic heterocycles. The number of nitrogens with one attached hydrogen (secondary N) is 1. The van der Waals surface area contributed by atoms with Crippen molar-refractivity contribution in [2.45, 2.75) is 19.9 Å². The molecule has 2 aromatic carbocycles. The number of carbonyl (C=O) groups excluding carboxylic acids is 1. The molecule has 1 atom stereocenters. The van der Waals surface area contributed by atoms with E-state index in [0.717, 1.165) is 11.8 Å². The van der Waals surface area contributed by atoms with E-state index in [2.05, 4.69) is 5.32 Å². The third kappa shape index (κ3) is 4.95. The Hall–Kier alpha value is -2.74. The third-order valence-electron chi connectivity index (χ3n) is 4.36. The summed E-state index contributed by atoms with van der Waals surface area (Å²) in [6.07, 6.45) is 1.15. The molecule has 0 saturated carbocycles. The van der Waals surface area contributed by atoms with Gasteiger partial charge < -0.3 is 14.8 Å². The van der Waals surface area contributed by atoms with Crippen molar-refractivity contribution in [3.05, 3.63) is 53.6 Å². The molecule has 0 radical (unpaired) electrons. The second kappa shape index (κ2) is 8.97. The number of anilines is 1. The maximum absolute atomic E-state index is 12.6. The largest absolute Gasteiger partial charge is 0.497 e. The van der Waals surface area contributed by atoms with Gasteiger partial charge in [-0.25, -0.2) is 8.42 Å². The van der Waals surface area contributed by atoms with Gasteiger partial charge in [0.05, 0.1) is 32.2 Å². The van der Waals surface area contributed by atoms with E-state index in [1.54, 1.807) is 57.5 Å². The summed E-state index contributed by atoms with van der Waals surface area (Å²) in [5, 5.41) is 2.93. The normalized spacial score (nSPS) is 12.2. The molecule has 0 saturated heterocycles. The molecule has 0 bridgehead atoms. The second-order valence-corrected chi connectivity index (χ2v) is 8.18. The topological polar surface area (TPSA) is 84.9 Å². The predicted octanol–water partition coefficient (Wildman–Crippen LogP) is 2.98. The van der Waals surface area contributed by atoms with Crippen LogP contribution in [0.25, 0.3) is 0 Å². The van der Waals surface area contributed by atoms with Gasteiger partial charge >= 0.3 is 0 Å². The van der Waals surface area contributed by atoms with Crippen LogP contribution in [0, 0.1) is 0 Å². The molecule has 2 rings (SSSR count). The van der Waals surface area contributed by atoms with Crippen molar-refractivity contribution < 1.29 is 22.7 Å². The molecule has 0 heterocycles. The summed E-state index contributed by atoms with van der Waals surface area (Å²) in [6.45, 7) is 3.92. The summed E-state index contributed by atoms with van der Waals surface area (Å²) >= 11 is 0. The van der Waals surface area contributed by atoms with E-state index in [1.165, 1.54) is 4.31 Å². The van der Waals surface area contributed by atoms with Crippen LogP contribution < -0.4 is 19.1 Å². The van der Waals surface area contributed by atoms with Gasteiger partial charge in [-0.05, 0) is 56.3 Å². The number of hydrogen-bond donors (Lipinski definition) is 1. The second-order valence-electron chi connectivity index (χ2n) is 6.28. The number of ether oxygens (including phenoxy) is 2. The molecule has 7 nitrogen and oxygen atoms in total. The molecule has 1 amide bonds. The van der Waals surface area contributed by atoms with Crippen molar-refractivity contribution in [2.24, 2.45) is 0 Å². The quantitative estimate of drug-likeness (QED) is 0.728. The maximum Gasteiger partial charge on any atom is 0.251 e. The average molecular weight is 407 g/mol. The highest BCUT2D eigenvalue weighted by Crippen LogP contribution is 2.29. The highest BCUT2D eigenvalue weighted by molar-refractivity contribution is 7.92. The maximum atomic E-state index is 12.6. The molecule has 0 aliphatic heterocycles. The summed E-state index contributed by atoms with van der Waals surface area (Å²) in [4.78, 5) is 12.6. The van der Waals surface area contributed by atoms with Gasteiger partial charge in [0.25, 0.3) is 5.91 Å². The van der Waals surface area contributed by atoms with Gasteiger partial charge in [-0.15, -0.1) is 0 Å². The fourth-order valence-electron chi connectivity index (χ4n) is 2.92. The lowest BCUT2D eigenvalue weighted by atomic mass is 10.1. The molecule has 0 fully saturated rings. The number of amides is 1. The SMILES string of the molecule is CCN(c1ccc(C(=O)NC(C)c2cc(OC)ccc2OC)cc1)S(C)(=O)=O. The van der Waals surface area contributed by atoms with Crippen LogP contribution in [0.3, 0.4) is 0 Å². The van der Waals surface area contributed by atoms with E-state index in [0.29, 0.717) is 29.3 Å². The minimum Gasteiger partial charge on any atom is -0.497 e. The van der Waals surface area contributed by atoms with Gasteiger partial charge in [0.1, 0.15) is 11.5 Å². The van der Waals surface area contributed by atoms with Crippen LogP contribution in [-0.4, -0.2) is 41.3 Å². The zero-order valence-corrected chi connectivity index (χ0v) is 17.5. The molecule has 1 N–H and O–H groups in total. The van der Waals surface area contributed by atoms with Gasteiger partial charge in [0, 0.05) is 17.7 Å². The van der Waals surface area contributed by atoms with Gasteiger partial charge in [-0.3, -0.25) is 9.10 Å². The van der Waals surface area contributed by atoms with E-state index in [4.69, 9.17) is 9.47 Å². The van der Waals surface area contributed by atoms with Crippen LogP contribution in [0.4, 0.5) is 5.69 Å². The van der Waals surface area contributed by atoms with Crippen LogP contribution in [0.1, 0.15) is 35.8 Å². The standard InChI is InChI=1S/C20H26N2O5S/c1-6-22(28(5,24)25)16-9-7-15(8-10-16)20(23)21-14(2)18-13-17(26-3)11-12-19(18)27-4/h7-14H,6H2,1-5H3,(H,21,23). The number of methoxy groups -OCH3 is 2. The first-order chi connectivity index (χ1) is 13.2. The molecule has 0 spiro atoms. The molecular weight excluding hydrogens is 380 g/mol. The highest BCUT2D eigenvalue weighted by atomic mass is 32.2. The Morgan fingerprint density at radius 1 is 1.11 bits per heavy atom. The predicted molar refractivity (Wildman–Crippen MR) is 110 cm³/mol.